The summed E-state index contributed by atoms with van der Waals surface area (Å²) >= 11 is 0. The molecule has 3 heterocycles. The van der Waals surface area contributed by atoms with Gasteiger partial charge in [-0.2, -0.15) is 0 Å². The van der Waals surface area contributed by atoms with Gasteiger partial charge in [0.25, 0.3) is 5.91 Å². The van der Waals surface area contributed by atoms with Crippen LogP contribution in [-0.2, 0) is 11.3 Å². The molecule has 218 valence electrons. The number of benzene rings is 2. The van der Waals surface area contributed by atoms with Crippen LogP contribution in [0.25, 0.3) is 11.3 Å². The third-order valence-electron chi connectivity index (χ3n) is 6.42. The molecule has 1 fully saturated rings. The number of halogens is 4. The standard InChI is InChI=1S/C29H26F4N6O3/c1-18-2-3-19(17-39-10-12-41-13-11-39)14-25(18)37-27(40)24-9-6-21(15-34-24)36-28-35-16-23(30)26(38-28)20-4-7-22(8-5-20)42-29(31,32)33/h2-9,14-16H,10-13,17H2,1H3,(H,37,40)(H,35,36,38). The number of rotatable bonds is 8. The van der Waals surface area contributed by atoms with E-state index in [4.69, 9.17) is 4.74 Å². The molecule has 0 radical (unpaired) electrons. The average molecular weight is 583 g/mol. The van der Waals surface area contributed by atoms with Gasteiger partial charge in [0.1, 0.15) is 17.1 Å². The molecule has 1 aliphatic rings. The highest BCUT2D eigenvalue weighted by molar-refractivity contribution is 6.03. The maximum Gasteiger partial charge on any atom is 0.573 e. The second-order valence-electron chi connectivity index (χ2n) is 9.51. The fraction of sp³-hybridized carbons (Fsp3) is 0.241. The molecular formula is C29H26F4N6O3. The SMILES string of the molecule is Cc1ccc(CN2CCOCC2)cc1NC(=O)c1ccc(Nc2ncc(F)c(-c3ccc(OC(F)(F)F)cc3)n2)cn1. The lowest BCUT2D eigenvalue weighted by molar-refractivity contribution is -0.274. The van der Waals surface area contributed by atoms with E-state index in [2.05, 4.69) is 35.2 Å². The Hall–Kier alpha value is -4.62. The van der Waals surface area contributed by atoms with Gasteiger partial charge in [-0.3, -0.25) is 9.69 Å². The number of hydrogen-bond donors (Lipinski definition) is 2. The van der Waals surface area contributed by atoms with Crippen LogP contribution in [0.15, 0.2) is 67.0 Å². The number of nitrogens with one attached hydrogen (secondary N) is 2. The summed E-state index contributed by atoms with van der Waals surface area (Å²) in [6.45, 7) is 5.80. The number of anilines is 3. The van der Waals surface area contributed by atoms with Crippen molar-refractivity contribution in [3.63, 3.8) is 0 Å². The van der Waals surface area contributed by atoms with Crippen molar-refractivity contribution in [2.45, 2.75) is 19.8 Å². The Bertz CT molecular complexity index is 1540. The number of hydrogen-bond acceptors (Lipinski definition) is 8. The van der Waals surface area contributed by atoms with E-state index in [0.717, 1.165) is 49.1 Å². The minimum atomic E-state index is -4.84. The first-order valence-electron chi connectivity index (χ1n) is 13.0. The van der Waals surface area contributed by atoms with E-state index in [9.17, 15) is 22.4 Å². The quantitative estimate of drug-likeness (QED) is 0.255. The molecule has 1 saturated heterocycles. The summed E-state index contributed by atoms with van der Waals surface area (Å²) < 4.78 is 60.9. The molecule has 1 amide bonds. The number of carbonyl (C=O) groups excluding carboxylic acids is 1. The number of alkyl halides is 3. The molecule has 0 bridgehead atoms. The number of aromatic nitrogens is 3. The highest BCUT2D eigenvalue weighted by Gasteiger charge is 2.31. The minimum absolute atomic E-state index is 0.0220. The normalized spacial score (nSPS) is 13.9. The van der Waals surface area contributed by atoms with Crippen LogP contribution >= 0.6 is 0 Å². The summed E-state index contributed by atoms with van der Waals surface area (Å²) in [7, 11) is 0. The maximum atomic E-state index is 14.4. The van der Waals surface area contributed by atoms with E-state index in [1.165, 1.54) is 24.4 Å². The van der Waals surface area contributed by atoms with E-state index in [-0.39, 0.29) is 28.8 Å². The van der Waals surface area contributed by atoms with E-state index in [0.29, 0.717) is 24.6 Å². The molecule has 0 spiro atoms. The Kier molecular flexibility index (Phi) is 8.59. The molecule has 1 aliphatic heterocycles. The van der Waals surface area contributed by atoms with Crippen molar-refractivity contribution >= 4 is 23.2 Å². The van der Waals surface area contributed by atoms with Crippen LogP contribution in [0.5, 0.6) is 5.75 Å². The average Bonchev–Trinajstić information content (AvgIpc) is 2.96. The van der Waals surface area contributed by atoms with Gasteiger partial charge in [0, 0.05) is 30.9 Å². The number of nitrogens with zero attached hydrogens (tertiary/aromatic N) is 4. The highest BCUT2D eigenvalue weighted by Crippen LogP contribution is 2.28. The van der Waals surface area contributed by atoms with Crippen LogP contribution in [0.3, 0.4) is 0 Å². The lowest BCUT2D eigenvalue weighted by atomic mass is 10.1. The van der Waals surface area contributed by atoms with Crippen LogP contribution < -0.4 is 15.4 Å². The molecule has 0 unspecified atom stereocenters. The van der Waals surface area contributed by atoms with Crippen molar-refractivity contribution in [1.29, 1.82) is 0 Å². The number of morpholine rings is 1. The Morgan fingerprint density at radius 3 is 2.48 bits per heavy atom. The van der Waals surface area contributed by atoms with Gasteiger partial charge in [-0.05, 0) is 60.5 Å². The molecule has 13 heteroatoms. The van der Waals surface area contributed by atoms with E-state index < -0.39 is 17.9 Å². The summed E-state index contributed by atoms with van der Waals surface area (Å²) in [6.07, 6.45) is -2.49. The minimum Gasteiger partial charge on any atom is -0.406 e. The molecule has 2 aromatic heterocycles. The molecule has 0 aliphatic carbocycles. The van der Waals surface area contributed by atoms with Gasteiger partial charge in [-0.1, -0.05) is 12.1 Å². The lowest BCUT2D eigenvalue weighted by Crippen LogP contribution is -2.35. The largest absolute Gasteiger partial charge is 0.573 e. The third-order valence-corrected chi connectivity index (χ3v) is 6.42. The van der Waals surface area contributed by atoms with E-state index in [1.54, 1.807) is 6.07 Å². The first-order chi connectivity index (χ1) is 20.1. The number of aryl methyl sites for hydroxylation is 1. The van der Waals surface area contributed by atoms with Gasteiger partial charge in [-0.15, -0.1) is 13.2 Å². The number of carbonyl (C=O) groups is 1. The van der Waals surface area contributed by atoms with Crippen LogP contribution in [0.2, 0.25) is 0 Å². The maximum absolute atomic E-state index is 14.4. The molecule has 2 aromatic carbocycles. The van der Waals surface area contributed by atoms with Crippen molar-refractivity contribution in [2.24, 2.45) is 0 Å². The topological polar surface area (TPSA) is 102 Å². The first-order valence-corrected chi connectivity index (χ1v) is 13.0. The van der Waals surface area contributed by atoms with Gasteiger partial charge < -0.3 is 20.1 Å². The Labute approximate surface area is 238 Å². The van der Waals surface area contributed by atoms with Gasteiger partial charge in [0.2, 0.25) is 5.95 Å². The number of ether oxygens (including phenoxy) is 2. The summed E-state index contributed by atoms with van der Waals surface area (Å²) in [6, 6.07) is 13.7. The zero-order valence-electron chi connectivity index (χ0n) is 22.4. The summed E-state index contributed by atoms with van der Waals surface area (Å²) in [4.78, 5) is 27.5. The van der Waals surface area contributed by atoms with Gasteiger partial charge in [0.05, 0.1) is 31.3 Å². The lowest BCUT2D eigenvalue weighted by Gasteiger charge is -2.26. The Balaban J connectivity index is 1.23. The number of pyridine rings is 1. The zero-order chi connectivity index (χ0) is 29.7. The van der Waals surface area contributed by atoms with Crippen LogP contribution in [0.4, 0.5) is 34.9 Å². The summed E-state index contributed by atoms with van der Waals surface area (Å²) in [5, 5.41) is 5.80. The van der Waals surface area contributed by atoms with E-state index in [1.807, 2.05) is 25.1 Å². The second kappa shape index (κ2) is 12.5. The van der Waals surface area contributed by atoms with Crippen LogP contribution in [0.1, 0.15) is 21.6 Å². The Morgan fingerprint density at radius 2 is 1.79 bits per heavy atom. The van der Waals surface area contributed by atoms with Crippen molar-refractivity contribution < 1.29 is 31.8 Å². The van der Waals surface area contributed by atoms with Crippen molar-refractivity contribution in [2.75, 3.05) is 36.9 Å². The Morgan fingerprint density at radius 1 is 1.02 bits per heavy atom. The van der Waals surface area contributed by atoms with Gasteiger partial charge in [0.15, 0.2) is 5.82 Å². The molecule has 5 rings (SSSR count). The molecule has 4 aromatic rings. The van der Waals surface area contributed by atoms with Crippen molar-refractivity contribution in [3.05, 3.63) is 89.6 Å². The molecule has 0 atom stereocenters. The van der Waals surface area contributed by atoms with Crippen molar-refractivity contribution in [1.82, 2.24) is 19.9 Å². The number of amides is 1. The monoisotopic (exact) mass is 582 g/mol. The predicted molar refractivity (Wildman–Crippen MR) is 147 cm³/mol. The molecular weight excluding hydrogens is 556 g/mol. The molecule has 42 heavy (non-hydrogen) atoms. The molecule has 2 N–H and O–H groups in total. The summed E-state index contributed by atoms with van der Waals surface area (Å²) in [5.41, 5.74) is 3.40. The van der Waals surface area contributed by atoms with Crippen LogP contribution in [0, 0.1) is 12.7 Å². The van der Waals surface area contributed by atoms with Gasteiger partial charge in [-0.25, -0.2) is 19.3 Å². The fourth-order valence-corrected chi connectivity index (χ4v) is 4.28. The predicted octanol–water partition coefficient (Wildman–Crippen LogP) is 5.71. The first kappa shape index (κ1) is 28.9. The zero-order valence-corrected chi connectivity index (χ0v) is 22.4. The second-order valence-corrected chi connectivity index (χ2v) is 9.51. The summed E-state index contributed by atoms with van der Waals surface area (Å²) in [5.74, 6) is -1.57. The van der Waals surface area contributed by atoms with E-state index >= 15 is 0 Å². The third kappa shape index (κ3) is 7.56. The van der Waals surface area contributed by atoms with Gasteiger partial charge >= 0.3 is 6.36 Å². The van der Waals surface area contributed by atoms with Crippen LogP contribution in [-0.4, -0.2) is 58.4 Å². The van der Waals surface area contributed by atoms with Crippen molar-refractivity contribution in [3.8, 4) is 17.0 Å². The fourth-order valence-electron chi connectivity index (χ4n) is 4.28. The molecule has 9 nitrogen and oxygen atoms in total. The molecule has 0 saturated carbocycles. The highest BCUT2D eigenvalue weighted by atomic mass is 19.4. The smallest absolute Gasteiger partial charge is 0.406 e.